The third-order valence-electron chi connectivity index (χ3n) is 2.48. The van der Waals surface area contributed by atoms with Gasteiger partial charge in [-0.25, -0.2) is 4.39 Å². The maximum atomic E-state index is 13.7. The van der Waals surface area contributed by atoms with Crippen LogP contribution in [0.5, 0.6) is 5.75 Å². The quantitative estimate of drug-likeness (QED) is 0.819. The van der Waals surface area contributed by atoms with Crippen LogP contribution in [0.15, 0.2) is 16.6 Å². The average Bonchev–Trinajstić information content (AvgIpc) is 2.26. The van der Waals surface area contributed by atoms with E-state index in [1.807, 2.05) is 4.90 Å². The Morgan fingerprint density at radius 3 is 2.67 bits per heavy atom. The highest BCUT2D eigenvalue weighted by molar-refractivity contribution is 9.10. The normalized spacial score (nSPS) is 16.8. The van der Waals surface area contributed by atoms with Gasteiger partial charge in [0.1, 0.15) is 0 Å². The molecule has 1 saturated heterocycles. The van der Waals surface area contributed by atoms with Crippen LogP contribution in [0.4, 0.5) is 10.1 Å². The first-order chi connectivity index (χ1) is 7.20. The van der Waals surface area contributed by atoms with Crippen molar-refractivity contribution in [2.75, 3.05) is 31.1 Å². The predicted octanol–water partition coefficient (Wildman–Crippen LogP) is 1.70. The molecular weight excluding hydrogens is 263 g/mol. The maximum absolute atomic E-state index is 13.7. The Hall–Kier alpha value is -0.810. The number of hydrogen-bond donors (Lipinski definition) is 2. The molecule has 1 aliphatic heterocycles. The number of halogens is 2. The molecule has 1 fully saturated rings. The summed E-state index contributed by atoms with van der Waals surface area (Å²) in [5.41, 5.74) is 0.455. The Kier molecular flexibility index (Phi) is 3.11. The monoisotopic (exact) mass is 274 g/mol. The zero-order chi connectivity index (χ0) is 10.8. The molecule has 0 aliphatic carbocycles. The Bertz CT molecular complexity index is 367. The van der Waals surface area contributed by atoms with Gasteiger partial charge in [-0.1, -0.05) is 0 Å². The number of anilines is 1. The SMILES string of the molecule is Oc1ccc(Br)c(N2CCNCC2)c1F. The second-order valence-corrected chi connectivity index (χ2v) is 4.32. The first-order valence-electron chi connectivity index (χ1n) is 4.83. The number of nitrogens with one attached hydrogen (secondary N) is 1. The highest BCUT2D eigenvalue weighted by Gasteiger charge is 2.19. The minimum atomic E-state index is -0.550. The molecule has 1 aliphatic rings. The third-order valence-corrected chi connectivity index (χ3v) is 3.12. The van der Waals surface area contributed by atoms with Crippen LogP contribution >= 0.6 is 15.9 Å². The van der Waals surface area contributed by atoms with Gasteiger partial charge in [-0.3, -0.25) is 0 Å². The number of phenolic OH excluding ortho intramolecular Hbond substituents is 1. The summed E-state index contributed by atoms with van der Waals surface area (Å²) in [7, 11) is 0. The van der Waals surface area contributed by atoms with Gasteiger partial charge in [-0.2, -0.15) is 0 Å². The van der Waals surface area contributed by atoms with Gasteiger partial charge in [0.05, 0.1) is 5.69 Å². The lowest BCUT2D eigenvalue weighted by Crippen LogP contribution is -2.44. The number of aromatic hydroxyl groups is 1. The van der Waals surface area contributed by atoms with Crippen molar-refractivity contribution in [1.29, 1.82) is 0 Å². The van der Waals surface area contributed by atoms with Crippen molar-refractivity contribution >= 4 is 21.6 Å². The van der Waals surface area contributed by atoms with Crippen molar-refractivity contribution in [2.45, 2.75) is 0 Å². The van der Waals surface area contributed by atoms with E-state index in [1.165, 1.54) is 6.07 Å². The Balaban J connectivity index is 2.36. The number of hydrogen-bond acceptors (Lipinski definition) is 3. The summed E-state index contributed by atoms with van der Waals surface area (Å²) in [6.07, 6.45) is 0. The van der Waals surface area contributed by atoms with E-state index in [2.05, 4.69) is 21.2 Å². The molecule has 0 unspecified atom stereocenters. The van der Waals surface area contributed by atoms with E-state index in [0.717, 1.165) is 26.2 Å². The smallest absolute Gasteiger partial charge is 0.189 e. The van der Waals surface area contributed by atoms with E-state index >= 15 is 0 Å². The van der Waals surface area contributed by atoms with Gasteiger partial charge in [0.15, 0.2) is 11.6 Å². The summed E-state index contributed by atoms with van der Waals surface area (Å²) in [6.45, 7) is 3.17. The third kappa shape index (κ3) is 2.08. The van der Waals surface area contributed by atoms with Crippen molar-refractivity contribution in [3.63, 3.8) is 0 Å². The number of phenols is 1. The van der Waals surface area contributed by atoms with Crippen LogP contribution in [0, 0.1) is 5.82 Å². The zero-order valence-corrected chi connectivity index (χ0v) is 9.72. The van der Waals surface area contributed by atoms with Gasteiger partial charge in [0.25, 0.3) is 0 Å². The molecule has 1 heterocycles. The molecule has 3 nitrogen and oxygen atoms in total. The van der Waals surface area contributed by atoms with E-state index in [0.29, 0.717) is 10.2 Å². The second-order valence-electron chi connectivity index (χ2n) is 3.47. The van der Waals surface area contributed by atoms with Crippen LogP contribution in [0.1, 0.15) is 0 Å². The summed E-state index contributed by atoms with van der Waals surface area (Å²) in [5.74, 6) is -0.849. The van der Waals surface area contributed by atoms with Crippen LogP contribution in [0.25, 0.3) is 0 Å². The minimum absolute atomic E-state index is 0.299. The first-order valence-corrected chi connectivity index (χ1v) is 5.62. The van der Waals surface area contributed by atoms with Crippen molar-refractivity contribution in [1.82, 2.24) is 5.32 Å². The molecule has 0 bridgehead atoms. The van der Waals surface area contributed by atoms with Crippen LogP contribution in [0.2, 0.25) is 0 Å². The van der Waals surface area contributed by atoms with E-state index < -0.39 is 5.82 Å². The molecule has 0 saturated carbocycles. The van der Waals surface area contributed by atoms with Gasteiger partial charge in [0, 0.05) is 30.7 Å². The molecule has 5 heteroatoms. The summed E-state index contributed by atoms with van der Waals surface area (Å²) < 4.78 is 14.4. The standard InChI is InChI=1S/C10H12BrFN2O/c11-7-1-2-8(15)9(12)10(7)14-5-3-13-4-6-14/h1-2,13,15H,3-6H2. The lowest BCUT2D eigenvalue weighted by atomic mass is 10.2. The topological polar surface area (TPSA) is 35.5 Å². The summed E-state index contributed by atoms with van der Waals surface area (Å²) in [5, 5.41) is 12.5. The number of benzene rings is 1. The Morgan fingerprint density at radius 1 is 1.33 bits per heavy atom. The zero-order valence-electron chi connectivity index (χ0n) is 8.13. The first kappa shape index (κ1) is 10.7. The van der Waals surface area contributed by atoms with Crippen molar-refractivity contribution < 1.29 is 9.50 Å². The highest BCUT2D eigenvalue weighted by Crippen LogP contribution is 2.34. The van der Waals surface area contributed by atoms with Crippen LogP contribution < -0.4 is 10.2 Å². The van der Waals surface area contributed by atoms with Crippen molar-refractivity contribution in [3.8, 4) is 5.75 Å². The highest BCUT2D eigenvalue weighted by atomic mass is 79.9. The molecule has 0 spiro atoms. The lowest BCUT2D eigenvalue weighted by molar-refractivity contribution is 0.430. The molecule has 2 N–H and O–H groups in total. The molecule has 0 atom stereocenters. The Morgan fingerprint density at radius 2 is 2.00 bits per heavy atom. The molecule has 15 heavy (non-hydrogen) atoms. The maximum Gasteiger partial charge on any atom is 0.189 e. The lowest BCUT2D eigenvalue weighted by Gasteiger charge is -2.30. The molecule has 1 aromatic rings. The minimum Gasteiger partial charge on any atom is -0.505 e. The molecule has 0 aromatic heterocycles. The number of nitrogens with zero attached hydrogens (tertiary/aromatic N) is 1. The number of piperazine rings is 1. The molecule has 0 radical (unpaired) electrons. The fourth-order valence-corrected chi connectivity index (χ4v) is 2.27. The fourth-order valence-electron chi connectivity index (χ4n) is 1.71. The van der Waals surface area contributed by atoms with Gasteiger partial charge < -0.3 is 15.3 Å². The van der Waals surface area contributed by atoms with E-state index in [9.17, 15) is 9.50 Å². The van der Waals surface area contributed by atoms with E-state index in [1.54, 1.807) is 6.07 Å². The molecule has 2 rings (SSSR count). The largest absolute Gasteiger partial charge is 0.505 e. The van der Waals surface area contributed by atoms with E-state index in [-0.39, 0.29) is 5.75 Å². The second kappa shape index (κ2) is 4.37. The van der Waals surface area contributed by atoms with E-state index in [4.69, 9.17) is 0 Å². The van der Waals surface area contributed by atoms with Crippen LogP contribution in [0.3, 0.4) is 0 Å². The number of rotatable bonds is 1. The molecule has 1 aromatic carbocycles. The predicted molar refractivity (Wildman–Crippen MR) is 60.8 cm³/mol. The summed E-state index contributed by atoms with van der Waals surface area (Å²) in [4.78, 5) is 1.93. The molecule has 0 amide bonds. The van der Waals surface area contributed by atoms with Gasteiger partial charge >= 0.3 is 0 Å². The van der Waals surface area contributed by atoms with Crippen molar-refractivity contribution in [3.05, 3.63) is 22.4 Å². The average molecular weight is 275 g/mol. The van der Waals surface area contributed by atoms with Gasteiger partial charge in [0.2, 0.25) is 0 Å². The summed E-state index contributed by atoms with van der Waals surface area (Å²) in [6, 6.07) is 3.01. The van der Waals surface area contributed by atoms with Gasteiger partial charge in [-0.05, 0) is 28.1 Å². The van der Waals surface area contributed by atoms with Crippen molar-refractivity contribution in [2.24, 2.45) is 0 Å². The van der Waals surface area contributed by atoms with Crippen LogP contribution in [-0.4, -0.2) is 31.3 Å². The van der Waals surface area contributed by atoms with Gasteiger partial charge in [-0.15, -0.1) is 0 Å². The van der Waals surface area contributed by atoms with Crippen LogP contribution in [-0.2, 0) is 0 Å². The fraction of sp³-hybridized carbons (Fsp3) is 0.400. The summed E-state index contributed by atoms with van der Waals surface area (Å²) >= 11 is 3.30. The Labute approximate surface area is 96.0 Å². The molecule has 82 valence electrons. The molecular formula is C10H12BrFN2O.